The molecule has 2 N–H and O–H groups in total. The van der Waals surface area contributed by atoms with Gasteiger partial charge in [0.25, 0.3) is 5.91 Å². The topological polar surface area (TPSA) is 104 Å². The van der Waals surface area contributed by atoms with Gasteiger partial charge in [0.15, 0.2) is 23.4 Å². The first kappa shape index (κ1) is 15.3. The number of carbonyl (C=O) groups is 2. The van der Waals surface area contributed by atoms with Gasteiger partial charge >= 0.3 is 6.03 Å². The number of fused-ring (bicyclic) bond motifs is 2. The van der Waals surface area contributed by atoms with E-state index >= 15 is 0 Å². The zero-order valence-electron chi connectivity index (χ0n) is 13.4. The Morgan fingerprint density at radius 2 is 1.74 bits per heavy atom. The smallest absolute Gasteiger partial charge is 0.322 e. The summed E-state index contributed by atoms with van der Waals surface area (Å²) in [5, 5.41) is 4.94. The van der Waals surface area contributed by atoms with Crippen LogP contribution in [0.1, 0.15) is 27.7 Å². The molecule has 0 unspecified atom stereocenters. The van der Waals surface area contributed by atoms with Gasteiger partial charge in [-0.1, -0.05) is 0 Å². The van der Waals surface area contributed by atoms with Crippen molar-refractivity contribution in [1.29, 1.82) is 0 Å². The summed E-state index contributed by atoms with van der Waals surface area (Å²) in [6, 6.07) is -0.587. The molecular formula is C14H20N2O7. The van der Waals surface area contributed by atoms with Gasteiger partial charge in [-0.05, 0) is 27.7 Å². The van der Waals surface area contributed by atoms with Gasteiger partial charge in [-0.25, -0.2) is 4.79 Å². The molecule has 1 spiro atoms. The molecule has 0 aromatic rings. The highest BCUT2D eigenvalue weighted by Gasteiger charge is 2.72. The van der Waals surface area contributed by atoms with Crippen LogP contribution in [0.5, 0.6) is 0 Å². The number of hydrogen-bond acceptors (Lipinski definition) is 7. The van der Waals surface area contributed by atoms with Crippen molar-refractivity contribution in [3.8, 4) is 0 Å². The van der Waals surface area contributed by atoms with E-state index in [-0.39, 0.29) is 6.61 Å². The average molecular weight is 328 g/mol. The lowest BCUT2D eigenvalue weighted by atomic mass is 9.85. The van der Waals surface area contributed by atoms with E-state index < -0.39 is 53.7 Å². The molecule has 4 fully saturated rings. The van der Waals surface area contributed by atoms with E-state index in [1.165, 1.54) is 0 Å². The zero-order valence-corrected chi connectivity index (χ0v) is 13.4. The molecule has 128 valence electrons. The lowest BCUT2D eigenvalue weighted by Gasteiger charge is -2.34. The van der Waals surface area contributed by atoms with Crippen molar-refractivity contribution in [2.45, 2.75) is 69.4 Å². The highest BCUT2D eigenvalue weighted by atomic mass is 16.8. The number of rotatable bonds is 1. The summed E-state index contributed by atoms with van der Waals surface area (Å²) in [5.41, 5.74) is -1.40. The van der Waals surface area contributed by atoms with E-state index in [1.54, 1.807) is 27.7 Å². The molecule has 4 saturated heterocycles. The van der Waals surface area contributed by atoms with Crippen molar-refractivity contribution < 1.29 is 33.3 Å². The predicted octanol–water partition coefficient (Wildman–Crippen LogP) is -0.407. The summed E-state index contributed by atoms with van der Waals surface area (Å²) in [7, 11) is 0. The second kappa shape index (κ2) is 4.42. The fraction of sp³-hybridized carbons (Fsp3) is 0.857. The predicted molar refractivity (Wildman–Crippen MR) is 73.0 cm³/mol. The average Bonchev–Trinajstić information content (AvgIpc) is 3.06. The minimum atomic E-state index is -1.40. The SMILES string of the molecule is CC1(C)OC[C@H]([C@H]2O[C@@H]3OC(C)(C)O[C@@H]3[C@]23NC(=O)NC3=O)O1. The molecule has 9 heteroatoms. The molecule has 0 bridgehead atoms. The van der Waals surface area contributed by atoms with Crippen molar-refractivity contribution in [2.75, 3.05) is 6.61 Å². The number of imide groups is 1. The quantitative estimate of drug-likeness (QED) is 0.631. The largest absolute Gasteiger partial charge is 0.348 e. The van der Waals surface area contributed by atoms with Crippen molar-refractivity contribution >= 4 is 11.9 Å². The Balaban J connectivity index is 1.70. The van der Waals surface area contributed by atoms with Crippen LogP contribution in [0.15, 0.2) is 0 Å². The molecule has 9 nitrogen and oxygen atoms in total. The van der Waals surface area contributed by atoms with E-state index in [0.717, 1.165) is 0 Å². The Hall–Kier alpha value is -1.26. The second-order valence-corrected chi connectivity index (χ2v) is 7.13. The van der Waals surface area contributed by atoms with Crippen LogP contribution in [0.3, 0.4) is 0 Å². The molecule has 4 rings (SSSR count). The first-order valence-corrected chi connectivity index (χ1v) is 7.59. The lowest BCUT2D eigenvalue weighted by Crippen LogP contribution is -2.64. The molecule has 23 heavy (non-hydrogen) atoms. The van der Waals surface area contributed by atoms with Gasteiger partial charge in [0.1, 0.15) is 18.3 Å². The van der Waals surface area contributed by atoms with E-state index in [2.05, 4.69) is 10.6 Å². The fourth-order valence-corrected chi connectivity index (χ4v) is 3.68. The third-order valence-corrected chi connectivity index (χ3v) is 4.53. The molecule has 0 radical (unpaired) electrons. The fourth-order valence-electron chi connectivity index (χ4n) is 3.68. The molecule has 0 aromatic carbocycles. The second-order valence-electron chi connectivity index (χ2n) is 7.13. The van der Waals surface area contributed by atoms with Gasteiger partial charge in [-0.3, -0.25) is 10.1 Å². The summed E-state index contributed by atoms with van der Waals surface area (Å²) in [6.07, 6.45) is -2.84. The van der Waals surface area contributed by atoms with Crippen LogP contribution >= 0.6 is 0 Å². The number of hydrogen-bond donors (Lipinski definition) is 2. The van der Waals surface area contributed by atoms with Gasteiger partial charge < -0.3 is 29.0 Å². The minimum absolute atomic E-state index is 0.241. The van der Waals surface area contributed by atoms with Crippen LogP contribution in [-0.4, -0.2) is 60.3 Å². The van der Waals surface area contributed by atoms with Crippen LogP contribution in [0.25, 0.3) is 0 Å². The molecule has 3 amide bonds. The first-order chi connectivity index (χ1) is 10.6. The maximum absolute atomic E-state index is 12.6. The Morgan fingerprint density at radius 3 is 2.30 bits per heavy atom. The van der Waals surface area contributed by atoms with E-state index in [0.29, 0.717) is 0 Å². The Bertz CT molecular complexity index is 577. The van der Waals surface area contributed by atoms with Gasteiger partial charge in [-0.15, -0.1) is 0 Å². The normalized spacial score (nSPS) is 47.0. The standard InChI is InChI=1S/C14H20N2O7/c1-12(2)19-5-6(21-12)7-14(10(17)15-11(18)16-14)8-9(20-7)23-13(3,4)22-8/h6-9H,5H2,1-4H3,(H2,15,16,17,18)/t6-,7-,8+,9-,14-/m1/s1. The number of amides is 3. The number of carbonyl (C=O) groups excluding carboxylic acids is 2. The highest BCUT2D eigenvalue weighted by molar-refractivity contribution is 6.08. The Labute approximate surface area is 132 Å². The summed E-state index contributed by atoms with van der Waals surface area (Å²) in [6.45, 7) is 7.25. The Kier molecular flexibility index (Phi) is 2.94. The van der Waals surface area contributed by atoms with Crippen LogP contribution in [-0.2, 0) is 28.5 Å². The summed E-state index contributed by atoms with van der Waals surface area (Å²) < 4.78 is 28.9. The number of ether oxygens (including phenoxy) is 5. The maximum Gasteiger partial charge on any atom is 0.322 e. The molecule has 0 aliphatic carbocycles. The summed E-state index contributed by atoms with van der Waals surface area (Å²) in [5.74, 6) is -2.20. The van der Waals surface area contributed by atoms with Crippen LogP contribution in [0.2, 0.25) is 0 Å². The monoisotopic (exact) mass is 328 g/mol. The first-order valence-electron chi connectivity index (χ1n) is 7.59. The molecule has 4 aliphatic rings. The van der Waals surface area contributed by atoms with Crippen molar-refractivity contribution in [2.24, 2.45) is 0 Å². The highest BCUT2D eigenvalue weighted by Crippen LogP contribution is 2.47. The molecule has 4 aliphatic heterocycles. The van der Waals surface area contributed by atoms with E-state index in [9.17, 15) is 9.59 Å². The minimum Gasteiger partial charge on any atom is -0.348 e. The molecular weight excluding hydrogens is 308 g/mol. The Morgan fingerprint density at radius 1 is 1.00 bits per heavy atom. The van der Waals surface area contributed by atoms with Crippen molar-refractivity contribution in [3.63, 3.8) is 0 Å². The van der Waals surface area contributed by atoms with Crippen LogP contribution in [0.4, 0.5) is 4.79 Å². The van der Waals surface area contributed by atoms with Gasteiger partial charge in [0.05, 0.1) is 6.61 Å². The van der Waals surface area contributed by atoms with Gasteiger partial charge in [-0.2, -0.15) is 0 Å². The molecule has 5 atom stereocenters. The van der Waals surface area contributed by atoms with Crippen LogP contribution < -0.4 is 10.6 Å². The van der Waals surface area contributed by atoms with E-state index in [1.807, 2.05) is 0 Å². The maximum atomic E-state index is 12.6. The number of nitrogens with one attached hydrogen (secondary N) is 2. The van der Waals surface area contributed by atoms with Crippen molar-refractivity contribution in [1.82, 2.24) is 10.6 Å². The van der Waals surface area contributed by atoms with Gasteiger partial charge in [0.2, 0.25) is 0 Å². The molecule has 4 heterocycles. The van der Waals surface area contributed by atoms with Gasteiger partial charge in [0, 0.05) is 0 Å². The molecule has 0 aromatic heterocycles. The third-order valence-electron chi connectivity index (χ3n) is 4.53. The summed E-state index contributed by atoms with van der Waals surface area (Å²) >= 11 is 0. The number of urea groups is 1. The lowest BCUT2D eigenvalue weighted by molar-refractivity contribution is -0.228. The zero-order chi connectivity index (χ0) is 16.6. The van der Waals surface area contributed by atoms with Crippen LogP contribution in [0, 0.1) is 0 Å². The molecule has 0 saturated carbocycles. The summed E-state index contributed by atoms with van der Waals surface area (Å²) in [4.78, 5) is 24.4. The van der Waals surface area contributed by atoms with E-state index in [4.69, 9.17) is 23.7 Å². The van der Waals surface area contributed by atoms with Crippen molar-refractivity contribution in [3.05, 3.63) is 0 Å². The third kappa shape index (κ3) is 2.11.